The molecular formula is C9H9N3O3S. The first-order valence-electron chi connectivity index (χ1n) is 4.59. The van der Waals surface area contributed by atoms with Crippen molar-refractivity contribution in [1.29, 1.82) is 0 Å². The highest BCUT2D eigenvalue weighted by molar-refractivity contribution is 7.99. The summed E-state index contributed by atoms with van der Waals surface area (Å²) in [4.78, 5) is 22.2. The molecule has 0 atom stereocenters. The van der Waals surface area contributed by atoms with Crippen molar-refractivity contribution < 1.29 is 9.72 Å². The number of hydrogen-bond acceptors (Lipinski definition) is 5. The van der Waals surface area contributed by atoms with E-state index in [9.17, 15) is 14.9 Å². The zero-order valence-electron chi connectivity index (χ0n) is 8.23. The Labute approximate surface area is 95.3 Å². The molecule has 3 N–H and O–H groups in total. The molecule has 0 aromatic heterocycles. The van der Waals surface area contributed by atoms with Crippen LogP contribution in [0, 0.1) is 10.1 Å². The van der Waals surface area contributed by atoms with Gasteiger partial charge in [-0.25, -0.2) is 0 Å². The van der Waals surface area contributed by atoms with E-state index in [0.717, 1.165) is 0 Å². The fourth-order valence-electron chi connectivity index (χ4n) is 1.46. The lowest BCUT2D eigenvalue weighted by atomic mass is 10.2. The molecule has 1 amide bonds. The molecule has 0 saturated carbocycles. The van der Waals surface area contributed by atoms with Gasteiger partial charge in [0.25, 0.3) is 5.69 Å². The van der Waals surface area contributed by atoms with Gasteiger partial charge in [-0.15, -0.1) is 11.8 Å². The normalized spacial score (nSPS) is 14.9. The lowest BCUT2D eigenvalue weighted by Gasteiger charge is -2.08. The van der Waals surface area contributed by atoms with Crippen LogP contribution in [0.4, 0.5) is 17.1 Å². The highest BCUT2D eigenvalue weighted by Crippen LogP contribution is 2.41. The molecule has 0 fully saturated rings. The average molecular weight is 239 g/mol. The van der Waals surface area contributed by atoms with Gasteiger partial charge in [0.2, 0.25) is 5.91 Å². The van der Waals surface area contributed by atoms with Gasteiger partial charge < -0.3 is 11.1 Å². The van der Waals surface area contributed by atoms with Crippen molar-refractivity contribution in [3.8, 4) is 0 Å². The molecule has 0 bridgehead atoms. The highest BCUT2D eigenvalue weighted by atomic mass is 32.2. The quantitative estimate of drug-likeness (QED) is 0.440. The van der Waals surface area contributed by atoms with Gasteiger partial charge in [0.05, 0.1) is 9.82 Å². The SMILES string of the molecule is Nc1ccc([N+](=O)[O-])c2c1SCCC(=O)N2. The first-order chi connectivity index (χ1) is 7.59. The van der Waals surface area contributed by atoms with Gasteiger partial charge in [-0.05, 0) is 6.07 Å². The molecule has 1 aliphatic rings. The number of nitro groups is 1. The molecule has 16 heavy (non-hydrogen) atoms. The van der Waals surface area contributed by atoms with Gasteiger partial charge >= 0.3 is 0 Å². The highest BCUT2D eigenvalue weighted by Gasteiger charge is 2.24. The Bertz CT molecular complexity index is 475. The number of nitrogens with one attached hydrogen (secondary N) is 1. The molecule has 1 aromatic carbocycles. The molecule has 84 valence electrons. The number of carbonyl (C=O) groups is 1. The number of benzene rings is 1. The van der Waals surface area contributed by atoms with Crippen LogP contribution in [0.25, 0.3) is 0 Å². The third-order valence-electron chi connectivity index (χ3n) is 2.20. The minimum absolute atomic E-state index is 0.119. The fraction of sp³-hybridized carbons (Fsp3) is 0.222. The van der Waals surface area contributed by atoms with E-state index in [-0.39, 0.29) is 17.3 Å². The number of rotatable bonds is 1. The van der Waals surface area contributed by atoms with E-state index < -0.39 is 4.92 Å². The van der Waals surface area contributed by atoms with E-state index >= 15 is 0 Å². The van der Waals surface area contributed by atoms with Gasteiger partial charge in [-0.1, -0.05) is 0 Å². The fourth-order valence-corrected chi connectivity index (χ4v) is 2.49. The molecule has 0 spiro atoms. The molecule has 7 heteroatoms. The summed E-state index contributed by atoms with van der Waals surface area (Å²) in [5.74, 6) is 0.351. The predicted molar refractivity (Wildman–Crippen MR) is 61.5 cm³/mol. The van der Waals surface area contributed by atoms with Crippen molar-refractivity contribution in [2.45, 2.75) is 11.3 Å². The van der Waals surface area contributed by atoms with Gasteiger partial charge in [0.1, 0.15) is 5.69 Å². The van der Waals surface area contributed by atoms with E-state index in [0.29, 0.717) is 22.8 Å². The number of nitrogens with zero attached hydrogens (tertiary/aromatic N) is 1. The lowest BCUT2D eigenvalue weighted by molar-refractivity contribution is -0.384. The molecule has 0 aliphatic carbocycles. The van der Waals surface area contributed by atoms with Crippen LogP contribution >= 0.6 is 11.8 Å². The van der Waals surface area contributed by atoms with Crippen molar-refractivity contribution in [3.05, 3.63) is 22.2 Å². The summed E-state index contributed by atoms with van der Waals surface area (Å²) in [6, 6.07) is 2.79. The first-order valence-corrected chi connectivity index (χ1v) is 5.57. The maximum absolute atomic E-state index is 11.3. The van der Waals surface area contributed by atoms with Crippen molar-refractivity contribution in [2.24, 2.45) is 0 Å². The number of anilines is 2. The summed E-state index contributed by atoms with van der Waals surface area (Å²) in [6.07, 6.45) is 0.329. The maximum Gasteiger partial charge on any atom is 0.294 e. The van der Waals surface area contributed by atoms with Crippen molar-refractivity contribution in [1.82, 2.24) is 0 Å². The summed E-state index contributed by atoms with van der Waals surface area (Å²) < 4.78 is 0. The number of carbonyl (C=O) groups excluding carboxylic acids is 1. The predicted octanol–water partition coefficient (Wildman–Crippen LogP) is 1.61. The Morgan fingerprint density at radius 1 is 1.50 bits per heavy atom. The zero-order chi connectivity index (χ0) is 11.7. The summed E-state index contributed by atoms with van der Waals surface area (Å²) in [6.45, 7) is 0. The molecule has 1 aliphatic heterocycles. The van der Waals surface area contributed by atoms with Crippen LogP contribution in [0.2, 0.25) is 0 Å². The van der Waals surface area contributed by atoms with Gasteiger partial charge in [0.15, 0.2) is 0 Å². The molecule has 0 unspecified atom stereocenters. The standard InChI is InChI=1S/C9H9N3O3S/c10-5-1-2-6(12(14)15)8-9(5)16-4-3-7(13)11-8/h1-2H,3-4,10H2,(H,11,13). The second-order valence-electron chi connectivity index (χ2n) is 3.28. The van der Waals surface area contributed by atoms with Gasteiger partial charge in [-0.3, -0.25) is 14.9 Å². The minimum Gasteiger partial charge on any atom is -0.398 e. The van der Waals surface area contributed by atoms with Crippen molar-refractivity contribution in [2.75, 3.05) is 16.8 Å². The second kappa shape index (κ2) is 4.01. The van der Waals surface area contributed by atoms with E-state index in [1.807, 2.05) is 0 Å². The second-order valence-corrected chi connectivity index (χ2v) is 4.39. The third kappa shape index (κ3) is 1.81. The largest absolute Gasteiger partial charge is 0.398 e. The van der Waals surface area contributed by atoms with E-state index in [4.69, 9.17) is 5.73 Å². The van der Waals surface area contributed by atoms with Crippen LogP contribution in [0.1, 0.15) is 6.42 Å². The topological polar surface area (TPSA) is 98.3 Å². The smallest absolute Gasteiger partial charge is 0.294 e. The van der Waals surface area contributed by atoms with Crippen LogP contribution < -0.4 is 11.1 Å². The van der Waals surface area contributed by atoms with E-state index in [1.54, 1.807) is 0 Å². The van der Waals surface area contributed by atoms with Crippen LogP contribution in [-0.4, -0.2) is 16.6 Å². The maximum atomic E-state index is 11.3. The number of fused-ring (bicyclic) bond motifs is 1. The van der Waals surface area contributed by atoms with Gasteiger partial charge in [-0.2, -0.15) is 0 Å². The number of thioether (sulfide) groups is 1. The summed E-state index contributed by atoms with van der Waals surface area (Å²) >= 11 is 1.36. The zero-order valence-corrected chi connectivity index (χ0v) is 9.04. The van der Waals surface area contributed by atoms with Gasteiger partial charge in [0, 0.05) is 23.9 Å². The summed E-state index contributed by atoms with van der Waals surface area (Å²) in [7, 11) is 0. The molecule has 1 heterocycles. The average Bonchev–Trinajstić information content (AvgIpc) is 2.40. The van der Waals surface area contributed by atoms with E-state index in [1.165, 1.54) is 23.9 Å². The third-order valence-corrected chi connectivity index (χ3v) is 3.34. The minimum atomic E-state index is -0.523. The molecule has 0 radical (unpaired) electrons. The molecule has 6 nitrogen and oxygen atoms in total. The molecule has 2 rings (SSSR count). The summed E-state index contributed by atoms with van der Waals surface area (Å²) in [5.41, 5.74) is 6.28. The van der Waals surface area contributed by atoms with Crippen LogP contribution in [0.3, 0.4) is 0 Å². The van der Waals surface area contributed by atoms with Crippen LogP contribution in [-0.2, 0) is 4.79 Å². The number of amides is 1. The molecule has 0 saturated heterocycles. The van der Waals surface area contributed by atoms with Crippen molar-refractivity contribution in [3.63, 3.8) is 0 Å². The Kier molecular flexibility index (Phi) is 2.69. The first kappa shape index (κ1) is 10.7. The lowest BCUT2D eigenvalue weighted by Crippen LogP contribution is -2.12. The van der Waals surface area contributed by atoms with Crippen LogP contribution in [0.5, 0.6) is 0 Å². The Morgan fingerprint density at radius 2 is 2.25 bits per heavy atom. The Morgan fingerprint density at radius 3 is 2.94 bits per heavy atom. The molecular weight excluding hydrogens is 230 g/mol. The van der Waals surface area contributed by atoms with E-state index in [2.05, 4.69) is 5.32 Å². The van der Waals surface area contributed by atoms with Crippen molar-refractivity contribution >= 4 is 34.7 Å². The Hall–Kier alpha value is -1.76. The Balaban J connectivity index is 2.60. The summed E-state index contributed by atoms with van der Waals surface area (Å²) in [5, 5.41) is 13.3. The number of nitrogen functional groups attached to an aromatic ring is 1. The molecule has 1 aromatic rings. The monoisotopic (exact) mass is 239 g/mol. The number of hydrogen-bond donors (Lipinski definition) is 2. The van der Waals surface area contributed by atoms with Crippen LogP contribution in [0.15, 0.2) is 17.0 Å². The number of nitro benzene ring substituents is 1. The number of nitrogens with two attached hydrogens (primary N) is 1.